The molecule has 1 aromatic rings. The highest BCUT2D eigenvalue weighted by atomic mass is 16.5. The second kappa shape index (κ2) is 7.01. The zero-order chi connectivity index (χ0) is 13.5. The van der Waals surface area contributed by atoms with Crippen LogP contribution in [0.25, 0.3) is 0 Å². The molecule has 0 heterocycles. The van der Waals surface area contributed by atoms with E-state index < -0.39 is 6.10 Å². The number of aliphatic hydroxyl groups excluding tert-OH is 1. The minimum absolute atomic E-state index is 0.0243. The van der Waals surface area contributed by atoms with Gasteiger partial charge in [-0.3, -0.25) is 4.79 Å². The van der Waals surface area contributed by atoms with Crippen LogP contribution in [-0.4, -0.2) is 24.2 Å². The summed E-state index contributed by atoms with van der Waals surface area (Å²) in [5, 5.41) is 12.3. The van der Waals surface area contributed by atoms with Gasteiger partial charge in [-0.05, 0) is 32.4 Å². The second-order valence-corrected chi connectivity index (χ2v) is 4.27. The summed E-state index contributed by atoms with van der Waals surface area (Å²) in [6.07, 6.45) is -0.258. The minimum Gasteiger partial charge on any atom is -0.493 e. The number of rotatable bonds is 6. The lowest BCUT2D eigenvalue weighted by atomic mass is 10.1. The number of benzene rings is 1. The average Bonchev–Trinajstić information content (AvgIpc) is 2.29. The Morgan fingerprint density at radius 2 is 2.22 bits per heavy atom. The van der Waals surface area contributed by atoms with Crippen molar-refractivity contribution >= 4 is 5.91 Å². The lowest BCUT2D eigenvalue weighted by Crippen LogP contribution is -2.24. The molecular weight excluding hydrogens is 230 g/mol. The number of nitrogens with one attached hydrogen (secondary N) is 1. The van der Waals surface area contributed by atoms with Crippen molar-refractivity contribution in [3.63, 3.8) is 0 Å². The van der Waals surface area contributed by atoms with Crippen molar-refractivity contribution in [2.24, 2.45) is 0 Å². The summed E-state index contributed by atoms with van der Waals surface area (Å²) in [6.45, 7) is 6.48. The van der Waals surface area contributed by atoms with Gasteiger partial charge in [0.15, 0.2) is 0 Å². The summed E-state index contributed by atoms with van der Waals surface area (Å²) in [5.74, 6) is 0.623. The molecule has 4 heteroatoms. The molecule has 0 fully saturated rings. The van der Waals surface area contributed by atoms with Gasteiger partial charge >= 0.3 is 0 Å². The summed E-state index contributed by atoms with van der Waals surface area (Å²) in [5.41, 5.74) is 1.81. The maximum atomic E-state index is 11.3. The highest BCUT2D eigenvalue weighted by molar-refractivity contribution is 5.75. The smallest absolute Gasteiger partial charge is 0.223 e. The number of carbonyl (C=O) groups is 1. The molecule has 2 N–H and O–H groups in total. The molecule has 0 saturated carbocycles. The normalized spacial score (nSPS) is 12.0. The van der Waals surface area contributed by atoms with E-state index in [1.165, 1.54) is 0 Å². The van der Waals surface area contributed by atoms with Crippen molar-refractivity contribution in [3.05, 3.63) is 29.3 Å². The molecule has 100 valence electrons. The Hall–Kier alpha value is -1.55. The zero-order valence-electron chi connectivity index (χ0n) is 11.2. The van der Waals surface area contributed by atoms with Gasteiger partial charge in [0.2, 0.25) is 5.91 Å². The van der Waals surface area contributed by atoms with Gasteiger partial charge < -0.3 is 15.2 Å². The van der Waals surface area contributed by atoms with Crippen molar-refractivity contribution in [2.75, 3.05) is 13.2 Å². The molecule has 0 radical (unpaired) electrons. The molecule has 18 heavy (non-hydrogen) atoms. The Balaban J connectivity index is 2.60. The Morgan fingerprint density at radius 1 is 1.50 bits per heavy atom. The van der Waals surface area contributed by atoms with Crippen LogP contribution >= 0.6 is 0 Å². The molecule has 0 aliphatic rings. The van der Waals surface area contributed by atoms with Crippen LogP contribution in [0.15, 0.2) is 18.2 Å². The Bertz CT molecular complexity index is 402. The van der Waals surface area contributed by atoms with Crippen molar-refractivity contribution < 1.29 is 14.6 Å². The van der Waals surface area contributed by atoms with Gasteiger partial charge in [0.1, 0.15) is 5.75 Å². The molecule has 0 spiro atoms. The number of amides is 1. The van der Waals surface area contributed by atoms with Gasteiger partial charge in [0, 0.05) is 12.1 Å². The fraction of sp³-hybridized carbons (Fsp3) is 0.500. The monoisotopic (exact) mass is 251 g/mol. The van der Waals surface area contributed by atoms with Crippen LogP contribution in [0.5, 0.6) is 5.75 Å². The number of hydrogen-bond donors (Lipinski definition) is 2. The van der Waals surface area contributed by atoms with E-state index in [1.807, 2.05) is 32.0 Å². The second-order valence-electron chi connectivity index (χ2n) is 4.27. The largest absolute Gasteiger partial charge is 0.493 e. The quantitative estimate of drug-likeness (QED) is 0.812. The first-order valence-corrected chi connectivity index (χ1v) is 6.22. The summed E-state index contributed by atoms with van der Waals surface area (Å²) in [6, 6.07) is 5.65. The van der Waals surface area contributed by atoms with Crippen molar-refractivity contribution in [1.82, 2.24) is 5.32 Å². The SMILES string of the molecule is CCNC(=O)CCOc1cc(C)ccc1[C@@H](C)O. The first-order chi connectivity index (χ1) is 8.54. The van der Waals surface area contributed by atoms with Crippen molar-refractivity contribution in [2.45, 2.75) is 33.3 Å². The van der Waals surface area contributed by atoms with E-state index in [0.29, 0.717) is 25.3 Å². The summed E-state index contributed by atoms with van der Waals surface area (Å²) in [4.78, 5) is 11.3. The van der Waals surface area contributed by atoms with Crippen LogP contribution in [0.4, 0.5) is 0 Å². The van der Waals surface area contributed by atoms with Gasteiger partial charge in [0.25, 0.3) is 0 Å². The maximum Gasteiger partial charge on any atom is 0.223 e. The first kappa shape index (κ1) is 14.5. The van der Waals surface area contributed by atoms with Gasteiger partial charge in [-0.15, -0.1) is 0 Å². The number of aryl methyl sites for hydroxylation is 1. The van der Waals surface area contributed by atoms with Gasteiger partial charge in [-0.25, -0.2) is 0 Å². The predicted octanol–water partition coefficient (Wildman–Crippen LogP) is 1.95. The van der Waals surface area contributed by atoms with Gasteiger partial charge in [0.05, 0.1) is 19.1 Å². The van der Waals surface area contributed by atoms with Gasteiger partial charge in [-0.1, -0.05) is 12.1 Å². The number of carbonyl (C=O) groups excluding carboxylic acids is 1. The number of hydrogen-bond acceptors (Lipinski definition) is 3. The number of ether oxygens (including phenoxy) is 1. The van der Waals surface area contributed by atoms with E-state index in [4.69, 9.17) is 4.74 Å². The summed E-state index contributed by atoms with van der Waals surface area (Å²) < 4.78 is 5.58. The average molecular weight is 251 g/mol. The lowest BCUT2D eigenvalue weighted by molar-refractivity contribution is -0.121. The molecule has 1 atom stereocenters. The fourth-order valence-corrected chi connectivity index (χ4v) is 1.65. The molecule has 0 aliphatic heterocycles. The van der Waals surface area contributed by atoms with Crippen LogP contribution in [0.1, 0.15) is 37.5 Å². The van der Waals surface area contributed by atoms with E-state index in [1.54, 1.807) is 6.92 Å². The molecule has 1 amide bonds. The van der Waals surface area contributed by atoms with Crippen molar-refractivity contribution in [3.8, 4) is 5.75 Å². The predicted molar refractivity (Wildman–Crippen MR) is 70.6 cm³/mol. The molecule has 0 aromatic heterocycles. The summed E-state index contributed by atoms with van der Waals surface area (Å²) >= 11 is 0. The minimum atomic E-state index is -0.579. The molecule has 1 rings (SSSR count). The fourth-order valence-electron chi connectivity index (χ4n) is 1.65. The van der Waals surface area contributed by atoms with Gasteiger partial charge in [-0.2, -0.15) is 0 Å². The van der Waals surface area contributed by atoms with Crippen LogP contribution in [0.2, 0.25) is 0 Å². The molecule has 0 aliphatic carbocycles. The molecule has 0 saturated heterocycles. The van der Waals surface area contributed by atoms with E-state index in [-0.39, 0.29) is 5.91 Å². The van der Waals surface area contributed by atoms with Crippen molar-refractivity contribution in [1.29, 1.82) is 0 Å². The molecular formula is C14H21NO3. The standard InChI is InChI=1S/C14H21NO3/c1-4-15-14(17)7-8-18-13-9-10(2)5-6-12(13)11(3)16/h5-6,9,11,16H,4,7-8H2,1-3H3,(H,15,17)/t11-/m1/s1. The molecule has 1 aromatic carbocycles. The lowest BCUT2D eigenvalue weighted by Gasteiger charge is -2.14. The molecule has 0 unspecified atom stereocenters. The zero-order valence-corrected chi connectivity index (χ0v) is 11.2. The van der Waals surface area contributed by atoms with E-state index in [9.17, 15) is 9.90 Å². The summed E-state index contributed by atoms with van der Waals surface area (Å²) in [7, 11) is 0. The third-order valence-electron chi connectivity index (χ3n) is 2.58. The van der Waals surface area contributed by atoms with Crippen LogP contribution in [0, 0.1) is 6.92 Å². The molecule has 0 bridgehead atoms. The highest BCUT2D eigenvalue weighted by Gasteiger charge is 2.10. The highest BCUT2D eigenvalue weighted by Crippen LogP contribution is 2.26. The number of aliphatic hydroxyl groups is 1. The third-order valence-corrected chi connectivity index (χ3v) is 2.58. The van der Waals surface area contributed by atoms with E-state index >= 15 is 0 Å². The maximum absolute atomic E-state index is 11.3. The van der Waals surface area contributed by atoms with Crippen LogP contribution in [-0.2, 0) is 4.79 Å². The topological polar surface area (TPSA) is 58.6 Å². The Morgan fingerprint density at radius 3 is 2.83 bits per heavy atom. The third kappa shape index (κ3) is 4.37. The van der Waals surface area contributed by atoms with Crippen LogP contribution in [0.3, 0.4) is 0 Å². The van der Waals surface area contributed by atoms with E-state index in [0.717, 1.165) is 11.1 Å². The Kier molecular flexibility index (Phi) is 5.65. The Labute approximate surface area is 108 Å². The first-order valence-electron chi connectivity index (χ1n) is 6.22. The molecule has 4 nitrogen and oxygen atoms in total. The van der Waals surface area contributed by atoms with Crippen LogP contribution < -0.4 is 10.1 Å². The van der Waals surface area contributed by atoms with E-state index in [2.05, 4.69) is 5.32 Å².